The third kappa shape index (κ3) is 5.95. The van der Waals surface area contributed by atoms with E-state index in [9.17, 15) is 13.2 Å². The molecule has 0 heterocycles. The standard InChI is InChI=1S/C11H15N3O4S2/c12-10(19)9-3-1-8(2-4-9)7-20(16,17)14-5-6-18-11(13)15/h1-4,14H,5-7H2,(H2,12,19)(H2,13,15). The summed E-state index contributed by atoms with van der Waals surface area (Å²) in [5, 5.41) is 0. The maximum Gasteiger partial charge on any atom is 0.404 e. The fraction of sp³-hybridized carbons (Fsp3) is 0.273. The zero-order valence-corrected chi connectivity index (χ0v) is 12.2. The lowest BCUT2D eigenvalue weighted by Gasteiger charge is -2.07. The van der Waals surface area contributed by atoms with Crippen LogP contribution in [-0.2, 0) is 20.5 Å². The smallest absolute Gasteiger partial charge is 0.404 e. The molecule has 1 amide bonds. The Kier molecular flexibility index (Phi) is 5.86. The number of thiocarbonyl (C=S) groups is 1. The van der Waals surface area contributed by atoms with Crippen molar-refractivity contribution in [2.24, 2.45) is 11.5 Å². The molecule has 0 saturated heterocycles. The van der Waals surface area contributed by atoms with Gasteiger partial charge in [0.1, 0.15) is 11.6 Å². The zero-order valence-electron chi connectivity index (χ0n) is 10.5. The van der Waals surface area contributed by atoms with Gasteiger partial charge in [0.2, 0.25) is 10.0 Å². The van der Waals surface area contributed by atoms with Crippen LogP contribution in [0.2, 0.25) is 0 Å². The Morgan fingerprint density at radius 1 is 1.25 bits per heavy atom. The Morgan fingerprint density at radius 3 is 2.35 bits per heavy atom. The third-order valence-corrected chi connectivity index (χ3v) is 3.86. The lowest BCUT2D eigenvalue weighted by atomic mass is 10.1. The van der Waals surface area contributed by atoms with E-state index >= 15 is 0 Å². The van der Waals surface area contributed by atoms with Crippen LogP contribution >= 0.6 is 12.2 Å². The minimum absolute atomic E-state index is 0.0315. The second-order valence-corrected chi connectivity index (χ2v) is 6.13. The highest BCUT2D eigenvalue weighted by molar-refractivity contribution is 7.88. The normalized spacial score (nSPS) is 11.0. The fourth-order valence-electron chi connectivity index (χ4n) is 1.38. The van der Waals surface area contributed by atoms with Crippen molar-refractivity contribution in [3.05, 3.63) is 35.4 Å². The largest absolute Gasteiger partial charge is 0.448 e. The minimum atomic E-state index is -3.51. The summed E-state index contributed by atoms with van der Waals surface area (Å²) in [6.07, 6.45) is -0.947. The van der Waals surface area contributed by atoms with Crippen LogP contribution in [0.4, 0.5) is 4.79 Å². The van der Waals surface area contributed by atoms with Crippen LogP contribution in [0.3, 0.4) is 0 Å². The van der Waals surface area contributed by atoms with Crippen LogP contribution in [-0.4, -0.2) is 32.7 Å². The van der Waals surface area contributed by atoms with Crippen LogP contribution in [0.5, 0.6) is 0 Å². The Balaban J connectivity index is 2.53. The van der Waals surface area contributed by atoms with E-state index in [2.05, 4.69) is 9.46 Å². The molecule has 7 nitrogen and oxygen atoms in total. The predicted molar refractivity (Wildman–Crippen MR) is 78.5 cm³/mol. The summed E-state index contributed by atoms with van der Waals surface area (Å²) < 4.78 is 30.2. The summed E-state index contributed by atoms with van der Waals surface area (Å²) in [5.74, 6) is -0.193. The second-order valence-electron chi connectivity index (χ2n) is 3.88. The number of sulfonamides is 1. The molecule has 5 N–H and O–H groups in total. The van der Waals surface area contributed by atoms with Crippen LogP contribution in [0, 0.1) is 0 Å². The molecule has 1 rings (SSSR count). The first-order chi connectivity index (χ1) is 9.30. The minimum Gasteiger partial charge on any atom is -0.448 e. The molecule has 0 aliphatic heterocycles. The molecule has 0 aromatic heterocycles. The molecule has 20 heavy (non-hydrogen) atoms. The molecule has 1 aromatic carbocycles. The van der Waals surface area contributed by atoms with Gasteiger partial charge >= 0.3 is 6.09 Å². The van der Waals surface area contributed by atoms with E-state index in [1.807, 2.05) is 0 Å². The number of carbonyl (C=O) groups excluding carboxylic acids is 1. The van der Waals surface area contributed by atoms with Gasteiger partial charge in [-0.2, -0.15) is 0 Å². The molecule has 9 heteroatoms. The van der Waals surface area contributed by atoms with Gasteiger partial charge in [-0.05, 0) is 5.56 Å². The topological polar surface area (TPSA) is 125 Å². The van der Waals surface area contributed by atoms with Gasteiger partial charge in [-0.25, -0.2) is 17.9 Å². The van der Waals surface area contributed by atoms with Crippen molar-refractivity contribution in [3.63, 3.8) is 0 Å². The molecule has 0 fully saturated rings. The highest BCUT2D eigenvalue weighted by Gasteiger charge is 2.11. The maximum atomic E-state index is 11.7. The molecule has 0 radical (unpaired) electrons. The first-order valence-corrected chi connectivity index (χ1v) is 7.64. The van der Waals surface area contributed by atoms with E-state index < -0.39 is 16.1 Å². The van der Waals surface area contributed by atoms with Gasteiger partial charge in [-0.15, -0.1) is 0 Å². The summed E-state index contributed by atoms with van der Waals surface area (Å²) in [4.78, 5) is 10.6. The van der Waals surface area contributed by atoms with Gasteiger partial charge in [-0.1, -0.05) is 36.5 Å². The number of ether oxygens (including phenoxy) is 1. The van der Waals surface area contributed by atoms with Crippen molar-refractivity contribution in [1.82, 2.24) is 4.72 Å². The molecule has 0 aliphatic carbocycles. The van der Waals surface area contributed by atoms with E-state index in [1.165, 1.54) is 0 Å². The Morgan fingerprint density at radius 2 is 1.85 bits per heavy atom. The highest BCUT2D eigenvalue weighted by Crippen LogP contribution is 2.07. The number of carbonyl (C=O) groups is 1. The van der Waals surface area contributed by atoms with E-state index in [4.69, 9.17) is 23.7 Å². The van der Waals surface area contributed by atoms with Crippen molar-refractivity contribution in [3.8, 4) is 0 Å². The van der Waals surface area contributed by atoms with Crippen molar-refractivity contribution >= 4 is 33.3 Å². The summed E-state index contributed by atoms with van der Waals surface area (Å²) in [6, 6.07) is 6.58. The first kappa shape index (κ1) is 16.3. The van der Waals surface area contributed by atoms with Gasteiger partial charge in [-0.3, -0.25) is 0 Å². The number of rotatable bonds is 7. The van der Waals surface area contributed by atoms with Crippen molar-refractivity contribution in [1.29, 1.82) is 0 Å². The van der Waals surface area contributed by atoms with Gasteiger partial charge in [0.05, 0.1) is 5.75 Å². The van der Waals surface area contributed by atoms with Gasteiger partial charge in [0.15, 0.2) is 0 Å². The average Bonchev–Trinajstić information content (AvgIpc) is 2.34. The first-order valence-electron chi connectivity index (χ1n) is 5.58. The fourth-order valence-corrected chi connectivity index (χ4v) is 2.65. The Bertz CT molecular complexity index is 584. The zero-order chi connectivity index (χ0) is 15.2. The van der Waals surface area contributed by atoms with E-state index in [0.717, 1.165) is 0 Å². The average molecular weight is 317 g/mol. The molecule has 1 aromatic rings. The molecule has 0 atom stereocenters. The monoisotopic (exact) mass is 317 g/mol. The maximum absolute atomic E-state index is 11.7. The Hall–Kier alpha value is -1.71. The number of primary amides is 1. The molecule has 0 unspecified atom stereocenters. The van der Waals surface area contributed by atoms with Crippen LogP contribution in [0.15, 0.2) is 24.3 Å². The van der Waals surface area contributed by atoms with E-state index in [1.54, 1.807) is 24.3 Å². The molecule has 110 valence electrons. The van der Waals surface area contributed by atoms with Gasteiger partial charge in [0, 0.05) is 12.1 Å². The number of hydrogen-bond donors (Lipinski definition) is 3. The molecular formula is C11H15N3O4S2. The van der Waals surface area contributed by atoms with Crippen molar-refractivity contribution in [2.75, 3.05) is 13.2 Å². The van der Waals surface area contributed by atoms with Gasteiger partial charge < -0.3 is 16.2 Å². The number of benzene rings is 1. The molecule has 0 saturated carbocycles. The van der Waals surface area contributed by atoms with Crippen LogP contribution in [0.1, 0.15) is 11.1 Å². The third-order valence-electron chi connectivity index (χ3n) is 2.26. The number of nitrogens with one attached hydrogen (secondary N) is 1. The van der Waals surface area contributed by atoms with E-state index in [-0.39, 0.29) is 23.9 Å². The number of hydrogen-bond acceptors (Lipinski definition) is 5. The lowest BCUT2D eigenvalue weighted by molar-refractivity contribution is 0.159. The quantitative estimate of drug-likeness (QED) is 0.474. The summed E-state index contributed by atoms with van der Waals surface area (Å²) in [5.41, 5.74) is 11.5. The van der Waals surface area contributed by atoms with Gasteiger partial charge in [0.25, 0.3) is 0 Å². The summed E-state index contributed by atoms with van der Waals surface area (Å²) in [6.45, 7) is -0.148. The second kappa shape index (κ2) is 7.17. The number of nitrogens with two attached hydrogens (primary N) is 2. The molecule has 0 aliphatic rings. The van der Waals surface area contributed by atoms with Crippen molar-refractivity contribution in [2.45, 2.75) is 5.75 Å². The predicted octanol–water partition coefficient (Wildman–Crippen LogP) is -0.164. The van der Waals surface area contributed by atoms with Crippen LogP contribution in [0.25, 0.3) is 0 Å². The molecule has 0 bridgehead atoms. The molecule has 0 spiro atoms. The van der Waals surface area contributed by atoms with Crippen LogP contribution < -0.4 is 16.2 Å². The summed E-state index contributed by atoms with van der Waals surface area (Å²) >= 11 is 4.80. The van der Waals surface area contributed by atoms with E-state index in [0.29, 0.717) is 11.1 Å². The lowest BCUT2D eigenvalue weighted by Crippen LogP contribution is -2.30. The highest BCUT2D eigenvalue weighted by atomic mass is 32.2. The summed E-state index contributed by atoms with van der Waals surface area (Å²) in [7, 11) is -3.51. The van der Waals surface area contributed by atoms with Crippen molar-refractivity contribution < 1.29 is 17.9 Å². The SMILES string of the molecule is NC(=O)OCCNS(=O)(=O)Cc1ccc(C(N)=S)cc1. The molecular weight excluding hydrogens is 302 g/mol. The Labute approximate surface area is 122 Å². The number of amides is 1.